The maximum absolute atomic E-state index is 6.15. The van der Waals surface area contributed by atoms with Gasteiger partial charge in [-0.2, -0.15) is 4.98 Å². The van der Waals surface area contributed by atoms with Gasteiger partial charge in [-0.25, -0.2) is 4.99 Å². The molecule has 8 heteroatoms. The summed E-state index contributed by atoms with van der Waals surface area (Å²) >= 11 is 12.0. The van der Waals surface area contributed by atoms with E-state index in [2.05, 4.69) is 20.4 Å². The second kappa shape index (κ2) is 6.78. The van der Waals surface area contributed by atoms with Crippen molar-refractivity contribution >= 4 is 29.2 Å². The molecule has 0 radical (unpaired) electrons. The lowest BCUT2D eigenvalue weighted by molar-refractivity contribution is 0.376. The Bertz CT molecular complexity index is 656. The van der Waals surface area contributed by atoms with Crippen molar-refractivity contribution in [3.05, 3.63) is 45.5 Å². The maximum Gasteiger partial charge on any atom is 0.248 e. The van der Waals surface area contributed by atoms with Crippen molar-refractivity contribution in [3.8, 4) is 0 Å². The number of guanidine groups is 1. The Balaban J connectivity index is 1.99. The summed E-state index contributed by atoms with van der Waals surface area (Å²) in [7, 11) is 0. The summed E-state index contributed by atoms with van der Waals surface area (Å²) in [5, 5.41) is 7.88. The molecule has 21 heavy (non-hydrogen) atoms. The van der Waals surface area contributed by atoms with Crippen LogP contribution in [0.2, 0.25) is 10.0 Å². The number of hydrogen-bond acceptors (Lipinski definition) is 4. The monoisotopic (exact) mass is 327 g/mol. The van der Waals surface area contributed by atoms with Gasteiger partial charge in [-0.15, -0.1) is 0 Å². The van der Waals surface area contributed by atoms with Gasteiger partial charge in [0.25, 0.3) is 0 Å². The van der Waals surface area contributed by atoms with Crippen molar-refractivity contribution in [2.45, 2.75) is 26.4 Å². The van der Waals surface area contributed by atoms with Crippen LogP contribution in [-0.4, -0.2) is 16.1 Å². The second-order valence-corrected chi connectivity index (χ2v) is 5.31. The summed E-state index contributed by atoms with van der Waals surface area (Å²) in [6.07, 6.45) is 0. The molecule has 2 rings (SSSR count). The molecule has 0 aliphatic carbocycles. The van der Waals surface area contributed by atoms with Crippen LogP contribution in [0.25, 0.3) is 0 Å². The number of hydrogen-bond donors (Lipinski definition) is 2. The smallest absolute Gasteiger partial charge is 0.248 e. The van der Waals surface area contributed by atoms with E-state index in [9.17, 15) is 0 Å². The van der Waals surface area contributed by atoms with Gasteiger partial charge in [0.2, 0.25) is 5.89 Å². The molecule has 1 atom stereocenters. The van der Waals surface area contributed by atoms with Gasteiger partial charge in [-0.1, -0.05) is 34.4 Å². The quantitative estimate of drug-likeness (QED) is 0.665. The lowest BCUT2D eigenvalue weighted by Crippen LogP contribution is -2.34. The molecular weight excluding hydrogens is 313 g/mol. The molecule has 0 aliphatic heterocycles. The SMILES string of the molecule is Cc1noc(CN=C(N)NC(C)c2ccc(Cl)cc2Cl)n1. The molecule has 0 bridgehead atoms. The van der Waals surface area contributed by atoms with E-state index >= 15 is 0 Å². The lowest BCUT2D eigenvalue weighted by atomic mass is 10.1. The topological polar surface area (TPSA) is 89.3 Å². The zero-order chi connectivity index (χ0) is 15.4. The molecule has 0 spiro atoms. The molecule has 1 aromatic carbocycles. The fourth-order valence-electron chi connectivity index (χ4n) is 1.75. The summed E-state index contributed by atoms with van der Waals surface area (Å²) in [6.45, 7) is 3.89. The maximum atomic E-state index is 6.15. The molecule has 112 valence electrons. The van der Waals surface area contributed by atoms with Crippen LogP contribution in [-0.2, 0) is 6.54 Å². The Kier molecular flexibility index (Phi) is 5.03. The van der Waals surface area contributed by atoms with Crippen LogP contribution >= 0.6 is 23.2 Å². The molecule has 1 unspecified atom stereocenters. The molecule has 0 saturated heterocycles. The fourth-order valence-corrected chi connectivity index (χ4v) is 2.33. The van der Waals surface area contributed by atoms with Gasteiger partial charge < -0.3 is 15.6 Å². The normalized spacial score (nSPS) is 13.2. The molecule has 3 N–H and O–H groups in total. The van der Waals surface area contributed by atoms with Gasteiger partial charge in [-0.05, 0) is 31.5 Å². The standard InChI is InChI=1S/C13H15Cl2N5O/c1-7(10-4-3-9(14)5-11(10)15)18-13(16)17-6-12-19-8(2)20-21-12/h3-5,7H,6H2,1-2H3,(H3,16,17,18). The molecule has 2 aromatic rings. The average Bonchev–Trinajstić information content (AvgIpc) is 2.82. The lowest BCUT2D eigenvalue weighted by Gasteiger charge is -2.16. The predicted molar refractivity (Wildman–Crippen MR) is 82.4 cm³/mol. The molecule has 0 amide bonds. The number of nitrogens with zero attached hydrogens (tertiary/aromatic N) is 3. The number of benzene rings is 1. The first-order chi connectivity index (χ1) is 9.95. The van der Waals surface area contributed by atoms with E-state index < -0.39 is 0 Å². The van der Waals surface area contributed by atoms with Crippen molar-refractivity contribution in [1.82, 2.24) is 15.5 Å². The molecule has 1 aromatic heterocycles. The molecule has 6 nitrogen and oxygen atoms in total. The van der Waals surface area contributed by atoms with E-state index in [0.29, 0.717) is 21.8 Å². The van der Waals surface area contributed by atoms with Crippen molar-refractivity contribution in [1.29, 1.82) is 0 Å². The predicted octanol–water partition coefficient (Wildman–Crippen LogP) is 2.85. The van der Waals surface area contributed by atoms with Crippen molar-refractivity contribution in [3.63, 3.8) is 0 Å². The number of aryl methyl sites for hydroxylation is 1. The first-order valence-electron chi connectivity index (χ1n) is 6.26. The summed E-state index contributed by atoms with van der Waals surface area (Å²) in [4.78, 5) is 8.18. The first kappa shape index (κ1) is 15.6. The van der Waals surface area contributed by atoms with E-state index in [4.69, 9.17) is 33.5 Å². The first-order valence-corrected chi connectivity index (χ1v) is 7.02. The van der Waals surface area contributed by atoms with Crippen LogP contribution in [0.1, 0.15) is 30.2 Å². The van der Waals surface area contributed by atoms with Crippen LogP contribution in [0.15, 0.2) is 27.7 Å². The van der Waals surface area contributed by atoms with Gasteiger partial charge in [0.15, 0.2) is 11.8 Å². The van der Waals surface area contributed by atoms with Crippen LogP contribution < -0.4 is 11.1 Å². The summed E-state index contributed by atoms with van der Waals surface area (Å²) in [6, 6.07) is 5.19. The molecule has 0 fully saturated rings. The van der Waals surface area contributed by atoms with E-state index in [1.807, 2.05) is 13.0 Å². The Hall–Kier alpha value is -1.79. The third kappa shape index (κ3) is 4.34. The number of aromatic nitrogens is 2. The highest BCUT2D eigenvalue weighted by atomic mass is 35.5. The third-order valence-electron chi connectivity index (χ3n) is 2.75. The molecular formula is C13H15Cl2N5O. The van der Waals surface area contributed by atoms with Crippen molar-refractivity contribution < 1.29 is 4.52 Å². The van der Waals surface area contributed by atoms with E-state index in [-0.39, 0.29) is 18.5 Å². The van der Waals surface area contributed by atoms with Crippen molar-refractivity contribution in [2.24, 2.45) is 10.7 Å². The van der Waals surface area contributed by atoms with Crippen LogP contribution in [0, 0.1) is 6.92 Å². The molecule has 1 heterocycles. The number of nitrogens with one attached hydrogen (secondary N) is 1. The largest absolute Gasteiger partial charge is 0.370 e. The van der Waals surface area contributed by atoms with E-state index in [0.717, 1.165) is 5.56 Å². The highest BCUT2D eigenvalue weighted by Crippen LogP contribution is 2.25. The highest BCUT2D eigenvalue weighted by molar-refractivity contribution is 6.35. The number of halogens is 2. The highest BCUT2D eigenvalue weighted by Gasteiger charge is 2.11. The minimum absolute atomic E-state index is 0.108. The summed E-state index contributed by atoms with van der Waals surface area (Å²) in [5.74, 6) is 1.24. The summed E-state index contributed by atoms with van der Waals surface area (Å²) < 4.78 is 4.95. The minimum Gasteiger partial charge on any atom is -0.370 e. The second-order valence-electron chi connectivity index (χ2n) is 4.47. The Morgan fingerprint density at radius 2 is 2.24 bits per heavy atom. The van der Waals surface area contributed by atoms with Gasteiger partial charge in [0.05, 0.1) is 6.04 Å². The number of rotatable bonds is 4. The van der Waals surface area contributed by atoms with Gasteiger partial charge in [0.1, 0.15) is 6.54 Å². The van der Waals surface area contributed by atoms with E-state index in [1.165, 1.54) is 0 Å². The number of aliphatic imine (C=N–C) groups is 1. The van der Waals surface area contributed by atoms with Gasteiger partial charge >= 0.3 is 0 Å². The zero-order valence-electron chi connectivity index (χ0n) is 11.6. The molecule has 0 aliphatic rings. The summed E-state index contributed by atoms with van der Waals surface area (Å²) in [5.41, 5.74) is 6.71. The van der Waals surface area contributed by atoms with Crippen molar-refractivity contribution in [2.75, 3.05) is 0 Å². The van der Waals surface area contributed by atoms with Gasteiger partial charge in [0, 0.05) is 10.0 Å². The average molecular weight is 328 g/mol. The van der Waals surface area contributed by atoms with Crippen LogP contribution in [0.4, 0.5) is 0 Å². The minimum atomic E-state index is -0.108. The Morgan fingerprint density at radius 1 is 1.48 bits per heavy atom. The van der Waals surface area contributed by atoms with Crippen LogP contribution in [0.3, 0.4) is 0 Å². The third-order valence-corrected chi connectivity index (χ3v) is 3.31. The molecule has 0 saturated carbocycles. The number of nitrogens with two attached hydrogens (primary N) is 1. The van der Waals surface area contributed by atoms with E-state index in [1.54, 1.807) is 19.1 Å². The zero-order valence-corrected chi connectivity index (χ0v) is 13.1. The Morgan fingerprint density at radius 3 is 2.86 bits per heavy atom. The van der Waals surface area contributed by atoms with Crippen LogP contribution in [0.5, 0.6) is 0 Å². The van der Waals surface area contributed by atoms with Gasteiger partial charge in [-0.3, -0.25) is 0 Å². The fraction of sp³-hybridized carbons (Fsp3) is 0.308. The Labute approximate surface area is 132 Å².